The Kier molecular flexibility index (Phi) is 5.27. The second-order valence-corrected chi connectivity index (χ2v) is 7.00. The molecule has 5 fully saturated rings. The number of epoxide rings is 2. The highest BCUT2D eigenvalue weighted by molar-refractivity contribution is 7.73. The molecule has 4 atom stereocenters. The molecule has 5 heterocycles. The molecule has 5 saturated heterocycles. The summed E-state index contributed by atoms with van der Waals surface area (Å²) in [7, 11) is 20.3. The first-order valence-electron chi connectivity index (χ1n) is 8.64. The predicted molar refractivity (Wildman–Crippen MR) is 102 cm³/mol. The monoisotopic (exact) mass is 277 g/mol. The van der Waals surface area contributed by atoms with Gasteiger partial charge in [0.05, 0.1) is 46.3 Å². The van der Waals surface area contributed by atoms with Crippen LogP contribution in [0.4, 0.5) is 0 Å². The summed E-state index contributed by atoms with van der Waals surface area (Å²) < 4.78 is 10.9. The van der Waals surface area contributed by atoms with Crippen molar-refractivity contribution in [3.8, 4) is 0 Å². The summed E-state index contributed by atoms with van der Waals surface area (Å²) in [4.78, 5) is 0. The summed E-state index contributed by atoms with van der Waals surface area (Å²) in [6.45, 7) is 2.54. The molecular weight excluding hydrogens is 260 g/mol. The van der Waals surface area contributed by atoms with Gasteiger partial charge in [0.1, 0.15) is 0 Å². The highest BCUT2D eigenvalue weighted by Gasteiger charge is 2.53. The van der Waals surface area contributed by atoms with Crippen LogP contribution in [0.2, 0.25) is 11.0 Å². The van der Waals surface area contributed by atoms with Crippen LogP contribution in [0.1, 0.15) is 25.7 Å². The highest BCUT2D eigenvalue weighted by atomic mass is 16.6. The first-order chi connectivity index (χ1) is 10.9. The first kappa shape index (κ1) is 16.1. The average Bonchev–Trinajstić information content (AvgIpc) is 3.38. The van der Waals surface area contributed by atoms with Crippen molar-refractivity contribution < 1.29 is 9.47 Å². The van der Waals surface area contributed by atoms with Gasteiger partial charge >= 0.3 is 0 Å². The van der Waals surface area contributed by atoms with Crippen LogP contribution >= 0.6 is 0 Å². The van der Waals surface area contributed by atoms with Gasteiger partial charge in [-0.05, 0) is 12.8 Å². The van der Waals surface area contributed by atoms with E-state index in [9.17, 15) is 0 Å². The lowest BCUT2D eigenvalue weighted by Crippen LogP contribution is -2.62. The van der Waals surface area contributed by atoms with Crippen LogP contribution in [0.25, 0.3) is 0 Å². The van der Waals surface area contributed by atoms with E-state index in [-0.39, 0.29) is 5.21 Å². The fraction of sp³-hybridized carbons (Fsp3) is 1.00. The summed E-state index contributed by atoms with van der Waals surface area (Å²) >= 11 is 0. The summed E-state index contributed by atoms with van der Waals surface area (Å²) in [5.74, 6) is 0.711. The smallest absolute Gasteiger partial charge is 0.0809 e. The van der Waals surface area contributed by atoms with E-state index in [1.54, 1.807) is 0 Å². The van der Waals surface area contributed by atoms with Crippen LogP contribution in [0.5, 0.6) is 0 Å². The zero-order valence-electron chi connectivity index (χ0n) is 13.1. The zero-order valence-corrected chi connectivity index (χ0v) is 13.1. The molecule has 97 valence electrons. The van der Waals surface area contributed by atoms with Crippen LogP contribution in [0.3, 0.4) is 0 Å². The normalized spacial score (nSPS) is 38.2. The van der Waals surface area contributed by atoms with Gasteiger partial charge in [-0.15, -0.1) is 5.21 Å². The van der Waals surface area contributed by atoms with Crippen LogP contribution in [0, 0.1) is 0 Å². The van der Waals surface area contributed by atoms with Gasteiger partial charge < -0.3 is 9.47 Å². The molecule has 9 radical (unpaired) electrons. The fourth-order valence-corrected chi connectivity index (χ4v) is 3.95. The second kappa shape index (κ2) is 7.21. The third-order valence-electron chi connectivity index (χ3n) is 5.46. The van der Waals surface area contributed by atoms with Crippen LogP contribution in [-0.2, 0) is 9.47 Å². The number of ether oxygens (including phenoxy) is 2. The third-order valence-corrected chi connectivity index (χ3v) is 5.46. The SMILES string of the molecule is [B]1[B][B][B][B][C@@]2(CC[C@@H]3CO3)[B]B([B][B][B]1)[C@H]2CC[C@H]1CO1. The van der Waals surface area contributed by atoms with E-state index in [1.807, 2.05) is 0 Å². The lowest BCUT2D eigenvalue weighted by molar-refractivity contribution is 0.370. The average molecular weight is 275 g/mol. The largest absolute Gasteiger partial charge is 0.373 e. The maximum absolute atomic E-state index is 5.43. The van der Waals surface area contributed by atoms with Crippen LogP contribution in [-0.4, -0.2) is 95.7 Å². The molecule has 0 spiro atoms. The predicted octanol–water partition coefficient (Wildman–Crippen LogP) is -1.91. The molecule has 5 aliphatic rings. The van der Waals surface area contributed by atoms with E-state index < -0.39 is 0 Å². The molecule has 0 unspecified atom stereocenters. The van der Waals surface area contributed by atoms with Gasteiger partial charge in [0.25, 0.3) is 0 Å². The lowest BCUT2D eigenvalue weighted by Gasteiger charge is -2.57. The first-order valence-corrected chi connectivity index (χ1v) is 8.64. The van der Waals surface area contributed by atoms with E-state index in [2.05, 4.69) is 63.8 Å². The molecule has 2 bridgehead atoms. The summed E-state index contributed by atoms with van der Waals surface area (Å²) in [6, 6.07) is 0. The molecule has 0 aromatic rings. The minimum absolute atomic E-state index is 0.254. The Labute approximate surface area is 142 Å². The Balaban J connectivity index is 1.40. The van der Waals surface area contributed by atoms with Crippen molar-refractivity contribution in [1.82, 2.24) is 0 Å². The van der Waals surface area contributed by atoms with Crippen molar-refractivity contribution in [3.05, 3.63) is 0 Å². The van der Waals surface area contributed by atoms with Crippen molar-refractivity contribution in [1.29, 1.82) is 0 Å². The topological polar surface area (TPSA) is 25.1 Å². The zero-order chi connectivity index (χ0) is 14.8. The van der Waals surface area contributed by atoms with Crippen molar-refractivity contribution in [2.75, 3.05) is 13.2 Å². The van der Waals surface area contributed by atoms with Crippen LogP contribution in [0.15, 0.2) is 0 Å². The number of rotatable bonds is 6. The molecule has 22 heavy (non-hydrogen) atoms. The standard InChI is InChI=1S/C10H15B10O2/c1(7-5-21-7)2-9-10(4-3-8-6-22-8)11-13-14-15-16-17-18-19-20(9)12-10/h7-9H,1-6H2/t7-,8+,9-,10-/m0/s1. The molecule has 0 aliphatic carbocycles. The Bertz CT molecular complexity index is 377. The van der Waals surface area contributed by atoms with Crippen molar-refractivity contribution in [3.63, 3.8) is 0 Å². The van der Waals surface area contributed by atoms with Crippen molar-refractivity contribution >= 4 is 70.3 Å². The molecule has 5 aliphatic heterocycles. The molecule has 2 nitrogen and oxygen atoms in total. The third kappa shape index (κ3) is 3.97. The van der Waals surface area contributed by atoms with E-state index in [4.69, 9.17) is 9.47 Å². The maximum atomic E-state index is 5.43. The summed E-state index contributed by atoms with van der Waals surface area (Å²) in [5.41, 5.74) is 0. The van der Waals surface area contributed by atoms with Crippen molar-refractivity contribution in [2.45, 2.75) is 48.9 Å². The van der Waals surface area contributed by atoms with E-state index in [0.29, 0.717) is 24.5 Å². The van der Waals surface area contributed by atoms with Gasteiger partial charge in [-0.25, -0.2) is 0 Å². The lowest BCUT2D eigenvalue weighted by atomic mass is 8.75. The van der Waals surface area contributed by atoms with Crippen molar-refractivity contribution in [2.24, 2.45) is 0 Å². The second-order valence-electron chi connectivity index (χ2n) is 7.00. The molecule has 5 rings (SSSR count). The Morgan fingerprint density at radius 1 is 0.864 bits per heavy atom. The molecule has 0 N–H and O–H groups in total. The quantitative estimate of drug-likeness (QED) is 0.417. The van der Waals surface area contributed by atoms with Crippen LogP contribution < -0.4 is 0 Å². The van der Waals surface area contributed by atoms with Gasteiger partial charge in [0.15, 0.2) is 0 Å². The molecule has 0 saturated carbocycles. The Morgan fingerprint density at radius 2 is 1.55 bits per heavy atom. The highest BCUT2D eigenvalue weighted by Crippen LogP contribution is 2.56. The number of hydrogen-bond acceptors (Lipinski definition) is 2. The Morgan fingerprint density at radius 3 is 2.32 bits per heavy atom. The van der Waals surface area contributed by atoms with Gasteiger partial charge in [-0.2, -0.15) is 0 Å². The van der Waals surface area contributed by atoms with E-state index in [1.165, 1.54) is 25.7 Å². The minimum atomic E-state index is 0.254. The summed E-state index contributed by atoms with van der Waals surface area (Å²) in [6.07, 6.45) is 5.94. The number of hydrogen-bond donors (Lipinski definition) is 0. The molecule has 12 heteroatoms. The van der Waals surface area contributed by atoms with Gasteiger partial charge in [-0.3, -0.25) is 0 Å². The molecule has 0 amide bonds. The summed E-state index contributed by atoms with van der Waals surface area (Å²) in [5, 5.41) is 0.254. The van der Waals surface area contributed by atoms with Gasteiger partial charge in [0.2, 0.25) is 0 Å². The fourth-order valence-electron chi connectivity index (χ4n) is 3.95. The van der Waals surface area contributed by atoms with E-state index in [0.717, 1.165) is 13.2 Å². The van der Waals surface area contributed by atoms with Gasteiger partial charge in [-0.1, -0.05) is 18.7 Å². The molecular formula is C10H15B10O2. The van der Waals surface area contributed by atoms with Gasteiger partial charge in [0, 0.05) is 49.4 Å². The minimum Gasteiger partial charge on any atom is -0.373 e. The number of fused-ring (bicyclic) bond motifs is 7. The van der Waals surface area contributed by atoms with E-state index >= 15 is 0 Å². The Hall–Kier alpha value is 0.569. The molecule has 0 aromatic carbocycles. The molecule has 0 aromatic heterocycles. The maximum Gasteiger partial charge on any atom is 0.0809 e.